The maximum Gasteiger partial charge on any atom is 0.251 e. The number of fused-ring (bicyclic) bond motifs is 1. The van der Waals surface area contributed by atoms with Gasteiger partial charge in [-0.3, -0.25) is 9.36 Å². The van der Waals surface area contributed by atoms with Crippen LogP contribution in [0.25, 0.3) is 16.9 Å². The SMILES string of the molecule is COc1ccc(C(=O)NCC(O)c2cccc(-n3cnc4c(F)cccc43)n2)cc1OC. The summed E-state index contributed by atoms with van der Waals surface area (Å²) >= 11 is 0. The lowest BCUT2D eigenvalue weighted by molar-refractivity contribution is 0.0913. The van der Waals surface area contributed by atoms with Crippen molar-refractivity contribution in [2.24, 2.45) is 0 Å². The summed E-state index contributed by atoms with van der Waals surface area (Å²) in [5, 5.41) is 13.3. The van der Waals surface area contributed by atoms with Crippen molar-refractivity contribution < 1.29 is 23.8 Å². The van der Waals surface area contributed by atoms with Crippen molar-refractivity contribution in [3.8, 4) is 17.3 Å². The van der Waals surface area contributed by atoms with Gasteiger partial charge in [-0.25, -0.2) is 14.4 Å². The molecule has 9 heteroatoms. The van der Waals surface area contributed by atoms with E-state index in [9.17, 15) is 14.3 Å². The topological polar surface area (TPSA) is 98.5 Å². The molecule has 2 aromatic heterocycles. The van der Waals surface area contributed by atoms with Gasteiger partial charge in [-0.1, -0.05) is 12.1 Å². The third-order valence-corrected chi connectivity index (χ3v) is 4.97. The molecule has 0 saturated carbocycles. The van der Waals surface area contributed by atoms with Gasteiger partial charge < -0.3 is 19.9 Å². The maximum absolute atomic E-state index is 13.9. The van der Waals surface area contributed by atoms with Crippen molar-refractivity contribution in [1.29, 1.82) is 0 Å². The molecule has 0 aliphatic carbocycles. The van der Waals surface area contributed by atoms with Gasteiger partial charge in [0.2, 0.25) is 0 Å². The molecule has 164 valence electrons. The predicted molar refractivity (Wildman–Crippen MR) is 116 cm³/mol. The minimum Gasteiger partial charge on any atom is -0.493 e. The van der Waals surface area contributed by atoms with Crippen LogP contribution in [0.1, 0.15) is 22.2 Å². The Labute approximate surface area is 183 Å². The van der Waals surface area contributed by atoms with Crippen molar-refractivity contribution >= 4 is 16.9 Å². The summed E-state index contributed by atoms with van der Waals surface area (Å²) in [6, 6.07) is 14.6. The van der Waals surface area contributed by atoms with E-state index in [1.807, 2.05) is 0 Å². The van der Waals surface area contributed by atoms with E-state index in [0.29, 0.717) is 34.1 Å². The van der Waals surface area contributed by atoms with Crippen LogP contribution in [0.3, 0.4) is 0 Å². The van der Waals surface area contributed by atoms with E-state index in [-0.39, 0.29) is 18.0 Å². The lowest BCUT2D eigenvalue weighted by atomic mass is 10.1. The number of amides is 1. The van der Waals surface area contributed by atoms with Gasteiger partial charge in [-0.15, -0.1) is 0 Å². The number of carbonyl (C=O) groups excluding carboxylic acids is 1. The van der Waals surface area contributed by atoms with E-state index in [0.717, 1.165) is 0 Å². The molecule has 0 spiro atoms. The highest BCUT2D eigenvalue weighted by molar-refractivity contribution is 5.94. The largest absolute Gasteiger partial charge is 0.493 e. The molecule has 1 amide bonds. The standard InChI is InChI=1S/C23H21FN4O4/c1-31-19-10-9-14(11-20(19)32-2)23(30)25-12-18(29)16-6-4-8-21(27-16)28-13-26-22-15(24)5-3-7-17(22)28/h3-11,13,18,29H,12H2,1-2H3,(H,25,30). The van der Waals surface area contributed by atoms with Crippen LogP contribution in [0.5, 0.6) is 11.5 Å². The van der Waals surface area contributed by atoms with Gasteiger partial charge in [0, 0.05) is 12.1 Å². The molecule has 0 radical (unpaired) electrons. The number of carbonyl (C=O) groups is 1. The molecule has 2 heterocycles. The second kappa shape index (κ2) is 9.03. The lowest BCUT2D eigenvalue weighted by Crippen LogP contribution is -2.28. The Balaban J connectivity index is 1.49. The number of aromatic nitrogens is 3. The van der Waals surface area contributed by atoms with Crippen LogP contribution in [0, 0.1) is 5.82 Å². The monoisotopic (exact) mass is 436 g/mol. The van der Waals surface area contributed by atoms with Gasteiger partial charge in [-0.2, -0.15) is 0 Å². The molecule has 2 N–H and O–H groups in total. The number of nitrogens with one attached hydrogen (secondary N) is 1. The molecule has 0 saturated heterocycles. The molecule has 1 atom stereocenters. The molecule has 0 bridgehead atoms. The number of pyridine rings is 1. The number of ether oxygens (including phenoxy) is 2. The summed E-state index contributed by atoms with van der Waals surface area (Å²) < 4.78 is 26.0. The highest BCUT2D eigenvalue weighted by Gasteiger charge is 2.16. The van der Waals surface area contributed by atoms with Crippen molar-refractivity contribution in [1.82, 2.24) is 19.9 Å². The van der Waals surface area contributed by atoms with Crippen LogP contribution in [-0.4, -0.2) is 46.3 Å². The molecule has 4 rings (SSSR count). The van der Waals surface area contributed by atoms with E-state index < -0.39 is 11.9 Å². The normalized spacial score (nSPS) is 11.9. The summed E-state index contributed by atoms with van der Waals surface area (Å²) in [4.78, 5) is 21.0. The molecule has 1 unspecified atom stereocenters. The second-order valence-electron chi connectivity index (χ2n) is 6.94. The number of benzene rings is 2. The number of hydrogen-bond acceptors (Lipinski definition) is 6. The Morgan fingerprint density at radius 3 is 2.69 bits per heavy atom. The van der Waals surface area contributed by atoms with Crippen molar-refractivity contribution in [2.75, 3.05) is 20.8 Å². The lowest BCUT2D eigenvalue weighted by Gasteiger charge is -2.14. The minimum atomic E-state index is -1.05. The zero-order valence-corrected chi connectivity index (χ0v) is 17.4. The van der Waals surface area contributed by atoms with E-state index in [1.54, 1.807) is 53.1 Å². The van der Waals surface area contributed by atoms with Gasteiger partial charge in [-0.05, 0) is 42.5 Å². The van der Waals surface area contributed by atoms with E-state index in [2.05, 4.69) is 15.3 Å². The Bertz CT molecular complexity index is 1270. The fourth-order valence-corrected chi connectivity index (χ4v) is 3.32. The van der Waals surface area contributed by atoms with Crippen LogP contribution in [0.15, 0.2) is 60.9 Å². The number of methoxy groups -OCH3 is 2. The van der Waals surface area contributed by atoms with Crippen LogP contribution >= 0.6 is 0 Å². The summed E-state index contributed by atoms with van der Waals surface area (Å²) in [7, 11) is 3.00. The van der Waals surface area contributed by atoms with Crippen LogP contribution in [0.4, 0.5) is 4.39 Å². The summed E-state index contributed by atoms with van der Waals surface area (Å²) in [5.41, 5.74) is 1.52. The number of hydrogen-bond donors (Lipinski definition) is 2. The van der Waals surface area contributed by atoms with Gasteiger partial charge in [0.15, 0.2) is 17.3 Å². The Hall–Kier alpha value is -3.98. The molecule has 0 fully saturated rings. The van der Waals surface area contributed by atoms with Crippen molar-refractivity contribution in [3.05, 3.63) is 78.0 Å². The van der Waals surface area contributed by atoms with Crippen LogP contribution in [-0.2, 0) is 0 Å². The Kier molecular flexibility index (Phi) is 6.00. The smallest absolute Gasteiger partial charge is 0.251 e. The predicted octanol–water partition coefficient (Wildman–Crippen LogP) is 3.04. The van der Waals surface area contributed by atoms with Crippen LogP contribution in [0.2, 0.25) is 0 Å². The molecule has 0 aliphatic heterocycles. The Morgan fingerprint density at radius 1 is 1.12 bits per heavy atom. The minimum absolute atomic E-state index is 0.0526. The molecule has 8 nitrogen and oxygen atoms in total. The molecule has 4 aromatic rings. The summed E-state index contributed by atoms with van der Waals surface area (Å²) in [5.74, 6) is 0.615. The number of para-hydroxylation sites is 1. The van der Waals surface area contributed by atoms with E-state index in [1.165, 1.54) is 26.6 Å². The first kappa shape index (κ1) is 21.3. The Morgan fingerprint density at radius 2 is 1.91 bits per heavy atom. The highest BCUT2D eigenvalue weighted by Crippen LogP contribution is 2.27. The number of rotatable bonds is 7. The second-order valence-corrected chi connectivity index (χ2v) is 6.94. The van der Waals surface area contributed by atoms with Crippen LogP contribution < -0.4 is 14.8 Å². The summed E-state index contributed by atoms with van der Waals surface area (Å²) in [6.07, 6.45) is 0.427. The average Bonchev–Trinajstić information content (AvgIpc) is 3.27. The van der Waals surface area contributed by atoms with Gasteiger partial charge in [0.05, 0.1) is 25.4 Å². The van der Waals surface area contributed by atoms with E-state index >= 15 is 0 Å². The quantitative estimate of drug-likeness (QED) is 0.462. The maximum atomic E-state index is 13.9. The third kappa shape index (κ3) is 4.10. The van der Waals surface area contributed by atoms with E-state index in [4.69, 9.17) is 9.47 Å². The first-order chi connectivity index (χ1) is 15.5. The number of halogens is 1. The molecule has 0 aliphatic rings. The number of aliphatic hydroxyl groups excluding tert-OH is 1. The zero-order valence-electron chi connectivity index (χ0n) is 17.4. The van der Waals surface area contributed by atoms with Gasteiger partial charge in [0.1, 0.15) is 23.8 Å². The number of imidazole rings is 1. The number of nitrogens with zero attached hydrogens (tertiary/aromatic N) is 3. The first-order valence-corrected chi connectivity index (χ1v) is 9.79. The zero-order chi connectivity index (χ0) is 22.7. The fraction of sp³-hybridized carbons (Fsp3) is 0.174. The highest BCUT2D eigenvalue weighted by atomic mass is 19.1. The van der Waals surface area contributed by atoms with Gasteiger partial charge in [0.25, 0.3) is 5.91 Å². The third-order valence-electron chi connectivity index (χ3n) is 4.97. The molecule has 32 heavy (non-hydrogen) atoms. The summed E-state index contributed by atoms with van der Waals surface area (Å²) in [6.45, 7) is -0.0526. The average molecular weight is 436 g/mol. The molecular formula is C23H21FN4O4. The van der Waals surface area contributed by atoms with Crippen molar-refractivity contribution in [3.63, 3.8) is 0 Å². The molecule has 2 aromatic carbocycles. The van der Waals surface area contributed by atoms with Gasteiger partial charge >= 0.3 is 0 Å². The fourth-order valence-electron chi connectivity index (χ4n) is 3.32. The number of aliphatic hydroxyl groups is 1. The molecular weight excluding hydrogens is 415 g/mol. The first-order valence-electron chi connectivity index (χ1n) is 9.79. The van der Waals surface area contributed by atoms with Crippen molar-refractivity contribution in [2.45, 2.75) is 6.10 Å².